The van der Waals surface area contributed by atoms with Crippen LogP contribution in [0.25, 0.3) is 16.3 Å². The quantitative estimate of drug-likeness (QED) is 0.405. The van der Waals surface area contributed by atoms with Gasteiger partial charge < -0.3 is 4.74 Å². The molecule has 0 fully saturated rings. The van der Waals surface area contributed by atoms with Gasteiger partial charge in [0, 0.05) is 16.8 Å². The standard InChI is InChI=1S/C21H20N4OS2/c1-14-8-10-17(11-9-14)25-15(2)23-24-21(25)28-13-16-12-27-20(22-16)18-6-4-5-7-19(18)26-3/h4-12H,13H2,1-3H3. The first kappa shape index (κ1) is 18.7. The van der Waals surface area contributed by atoms with E-state index in [0.29, 0.717) is 0 Å². The molecular formula is C21H20N4OS2. The van der Waals surface area contributed by atoms with Crippen LogP contribution in [-0.4, -0.2) is 26.9 Å². The normalized spacial score (nSPS) is 11.0. The average Bonchev–Trinajstić information content (AvgIpc) is 3.34. The molecule has 0 atom stereocenters. The number of benzene rings is 2. The highest BCUT2D eigenvalue weighted by molar-refractivity contribution is 7.98. The maximum absolute atomic E-state index is 5.45. The SMILES string of the molecule is COc1ccccc1-c1nc(CSc2nnc(C)n2-c2ccc(C)cc2)cs1. The molecule has 4 rings (SSSR count). The van der Waals surface area contributed by atoms with Gasteiger partial charge in [-0.25, -0.2) is 4.98 Å². The minimum Gasteiger partial charge on any atom is -0.496 e. The summed E-state index contributed by atoms with van der Waals surface area (Å²) >= 11 is 3.27. The molecule has 0 unspecified atom stereocenters. The van der Waals surface area contributed by atoms with Gasteiger partial charge in [0.25, 0.3) is 0 Å². The summed E-state index contributed by atoms with van der Waals surface area (Å²) in [5.41, 5.74) is 4.34. The van der Waals surface area contributed by atoms with Crippen LogP contribution in [-0.2, 0) is 5.75 Å². The highest BCUT2D eigenvalue weighted by Crippen LogP contribution is 2.33. The lowest BCUT2D eigenvalue weighted by molar-refractivity contribution is 0.416. The molecule has 2 aromatic carbocycles. The molecule has 0 N–H and O–H groups in total. The van der Waals surface area contributed by atoms with E-state index in [1.807, 2.05) is 31.2 Å². The molecule has 0 amide bonds. The van der Waals surface area contributed by atoms with Gasteiger partial charge in [0.15, 0.2) is 5.16 Å². The van der Waals surface area contributed by atoms with E-state index in [9.17, 15) is 0 Å². The highest BCUT2D eigenvalue weighted by Gasteiger charge is 2.14. The lowest BCUT2D eigenvalue weighted by atomic mass is 10.2. The van der Waals surface area contributed by atoms with E-state index in [4.69, 9.17) is 9.72 Å². The van der Waals surface area contributed by atoms with Gasteiger partial charge in [0.1, 0.15) is 16.6 Å². The fourth-order valence-corrected chi connectivity index (χ4v) is 4.73. The molecule has 0 aliphatic rings. The van der Waals surface area contributed by atoms with Crippen molar-refractivity contribution in [1.82, 2.24) is 19.7 Å². The van der Waals surface area contributed by atoms with Gasteiger partial charge in [-0.2, -0.15) is 0 Å². The zero-order valence-corrected chi connectivity index (χ0v) is 17.5. The van der Waals surface area contributed by atoms with Crippen LogP contribution in [0.5, 0.6) is 5.75 Å². The number of hydrogen-bond donors (Lipinski definition) is 0. The molecule has 0 spiro atoms. The largest absolute Gasteiger partial charge is 0.496 e. The summed E-state index contributed by atoms with van der Waals surface area (Å²) in [7, 11) is 1.68. The smallest absolute Gasteiger partial charge is 0.196 e. The molecule has 0 aliphatic heterocycles. The zero-order valence-electron chi connectivity index (χ0n) is 15.9. The lowest BCUT2D eigenvalue weighted by Gasteiger charge is -2.08. The minimum absolute atomic E-state index is 0.732. The van der Waals surface area contributed by atoms with Crippen molar-refractivity contribution in [2.75, 3.05) is 7.11 Å². The zero-order chi connectivity index (χ0) is 19.5. The molecule has 0 bridgehead atoms. The number of aryl methyl sites for hydroxylation is 2. The van der Waals surface area contributed by atoms with Crippen LogP contribution in [0, 0.1) is 13.8 Å². The van der Waals surface area contributed by atoms with Crippen LogP contribution < -0.4 is 4.74 Å². The Labute approximate surface area is 172 Å². The average molecular weight is 409 g/mol. The second kappa shape index (κ2) is 8.16. The molecule has 2 aromatic heterocycles. The number of hydrogen-bond acceptors (Lipinski definition) is 6. The van der Waals surface area contributed by atoms with E-state index in [-0.39, 0.29) is 0 Å². The number of rotatable bonds is 6. The van der Waals surface area contributed by atoms with Gasteiger partial charge in [-0.1, -0.05) is 41.6 Å². The maximum Gasteiger partial charge on any atom is 0.196 e. The van der Waals surface area contributed by atoms with Crippen molar-refractivity contribution >= 4 is 23.1 Å². The Balaban J connectivity index is 1.54. The molecule has 7 heteroatoms. The number of aromatic nitrogens is 4. The molecule has 28 heavy (non-hydrogen) atoms. The summed E-state index contributed by atoms with van der Waals surface area (Å²) < 4.78 is 7.53. The third-order valence-corrected chi connectivity index (χ3v) is 6.21. The van der Waals surface area contributed by atoms with Crippen molar-refractivity contribution in [2.45, 2.75) is 24.8 Å². The van der Waals surface area contributed by atoms with Crippen LogP contribution >= 0.6 is 23.1 Å². The first-order valence-electron chi connectivity index (χ1n) is 8.85. The molecule has 0 aliphatic carbocycles. The maximum atomic E-state index is 5.45. The number of para-hydroxylation sites is 1. The van der Waals surface area contributed by atoms with E-state index in [1.165, 1.54) is 5.56 Å². The molecular weight excluding hydrogens is 388 g/mol. The van der Waals surface area contributed by atoms with Crippen molar-refractivity contribution in [2.24, 2.45) is 0 Å². The number of nitrogens with zero attached hydrogens (tertiary/aromatic N) is 4. The lowest BCUT2D eigenvalue weighted by Crippen LogP contribution is -1.99. The summed E-state index contributed by atoms with van der Waals surface area (Å²) in [6, 6.07) is 16.3. The van der Waals surface area contributed by atoms with Gasteiger partial charge in [-0.05, 0) is 38.1 Å². The Kier molecular flexibility index (Phi) is 5.45. The second-order valence-electron chi connectivity index (χ2n) is 6.33. The third-order valence-electron chi connectivity index (χ3n) is 4.33. The van der Waals surface area contributed by atoms with Gasteiger partial charge in [-0.15, -0.1) is 21.5 Å². The molecule has 0 saturated carbocycles. The Morgan fingerprint density at radius 3 is 2.61 bits per heavy atom. The summed E-state index contributed by atoms with van der Waals surface area (Å²) in [4.78, 5) is 4.79. The minimum atomic E-state index is 0.732. The van der Waals surface area contributed by atoms with E-state index in [2.05, 4.69) is 51.3 Å². The fourth-order valence-electron chi connectivity index (χ4n) is 2.88. The Morgan fingerprint density at radius 1 is 1.04 bits per heavy atom. The topological polar surface area (TPSA) is 52.8 Å². The molecule has 2 heterocycles. The molecule has 0 radical (unpaired) electrons. The molecule has 142 valence electrons. The Hall–Kier alpha value is -2.64. The van der Waals surface area contributed by atoms with Gasteiger partial charge in [0.05, 0.1) is 18.4 Å². The van der Waals surface area contributed by atoms with Gasteiger partial charge in [-0.3, -0.25) is 4.57 Å². The predicted molar refractivity (Wildman–Crippen MR) is 114 cm³/mol. The Bertz CT molecular complexity index is 1090. The first-order valence-corrected chi connectivity index (χ1v) is 10.7. The Morgan fingerprint density at radius 2 is 1.82 bits per heavy atom. The molecule has 0 saturated heterocycles. The fraction of sp³-hybridized carbons (Fsp3) is 0.190. The summed E-state index contributed by atoms with van der Waals surface area (Å²) in [5, 5.41) is 12.5. The van der Waals surface area contributed by atoms with E-state index in [0.717, 1.165) is 44.4 Å². The van der Waals surface area contributed by atoms with Crippen molar-refractivity contribution in [3.63, 3.8) is 0 Å². The van der Waals surface area contributed by atoms with Crippen molar-refractivity contribution in [3.8, 4) is 22.0 Å². The second-order valence-corrected chi connectivity index (χ2v) is 8.13. The summed E-state index contributed by atoms with van der Waals surface area (Å²) in [6.45, 7) is 4.06. The first-order chi connectivity index (χ1) is 13.7. The van der Waals surface area contributed by atoms with E-state index in [1.54, 1.807) is 30.2 Å². The third kappa shape index (κ3) is 3.81. The van der Waals surface area contributed by atoms with Crippen molar-refractivity contribution < 1.29 is 4.74 Å². The van der Waals surface area contributed by atoms with Crippen LogP contribution in [0.15, 0.2) is 59.1 Å². The summed E-state index contributed by atoms with van der Waals surface area (Å²) in [6.07, 6.45) is 0. The number of thiazole rings is 1. The number of methoxy groups -OCH3 is 1. The van der Waals surface area contributed by atoms with E-state index < -0.39 is 0 Å². The van der Waals surface area contributed by atoms with E-state index >= 15 is 0 Å². The van der Waals surface area contributed by atoms with Crippen LogP contribution in [0.4, 0.5) is 0 Å². The molecule has 4 aromatic rings. The molecule has 5 nitrogen and oxygen atoms in total. The van der Waals surface area contributed by atoms with Gasteiger partial charge >= 0.3 is 0 Å². The summed E-state index contributed by atoms with van der Waals surface area (Å²) in [5.74, 6) is 2.44. The predicted octanol–water partition coefficient (Wildman–Crippen LogP) is 5.31. The van der Waals surface area contributed by atoms with Crippen LogP contribution in [0.3, 0.4) is 0 Å². The van der Waals surface area contributed by atoms with Gasteiger partial charge in [0.2, 0.25) is 0 Å². The van der Waals surface area contributed by atoms with Crippen LogP contribution in [0.2, 0.25) is 0 Å². The number of ether oxygens (including phenoxy) is 1. The van der Waals surface area contributed by atoms with Crippen LogP contribution in [0.1, 0.15) is 17.1 Å². The number of thioether (sulfide) groups is 1. The van der Waals surface area contributed by atoms with Crippen molar-refractivity contribution in [3.05, 3.63) is 71.0 Å². The van der Waals surface area contributed by atoms with Crippen molar-refractivity contribution in [1.29, 1.82) is 0 Å². The highest BCUT2D eigenvalue weighted by atomic mass is 32.2. The monoisotopic (exact) mass is 408 g/mol.